The van der Waals surface area contributed by atoms with E-state index in [4.69, 9.17) is 14.2 Å². The Bertz CT molecular complexity index is 974. The van der Waals surface area contributed by atoms with E-state index < -0.39 is 53.2 Å². The van der Waals surface area contributed by atoms with Crippen LogP contribution in [-0.4, -0.2) is 59.0 Å². The molecule has 4 aliphatic carbocycles. The van der Waals surface area contributed by atoms with Gasteiger partial charge in [-0.05, 0) is 74.3 Å². The Kier molecular flexibility index (Phi) is 5.26. The molecule has 1 aliphatic heterocycles. The number of ketones is 2. The summed E-state index contributed by atoms with van der Waals surface area (Å²) in [5.41, 5.74) is -2.32. The Hall–Kier alpha value is -1.64. The molecule has 0 amide bonds. The lowest BCUT2D eigenvalue weighted by Gasteiger charge is -2.61. The van der Waals surface area contributed by atoms with Crippen molar-refractivity contribution in [3.8, 4) is 0 Å². The van der Waals surface area contributed by atoms with E-state index in [1.54, 1.807) is 13.8 Å². The molecule has 0 spiro atoms. The fraction of sp³-hybridized carbons (Fsp3) is 0.808. The molecule has 0 aromatic carbocycles. The molecule has 4 fully saturated rings. The lowest BCUT2D eigenvalue weighted by molar-refractivity contribution is -0.229. The van der Waals surface area contributed by atoms with Gasteiger partial charge in [0.25, 0.3) is 0 Å². The van der Waals surface area contributed by atoms with Crippen LogP contribution in [-0.2, 0) is 28.6 Å². The molecule has 1 N–H and O–H groups in total. The van der Waals surface area contributed by atoms with Crippen molar-refractivity contribution in [1.82, 2.24) is 0 Å². The number of halogens is 1. The highest BCUT2D eigenvalue weighted by atomic mass is 19.1. The summed E-state index contributed by atoms with van der Waals surface area (Å²) in [5, 5.41) is 11.6. The summed E-state index contributed by atoms with van der Waals surface area (Å²) >= 11 is 0. The Morgan fingerprint density at radius 1 is 1.24 bits per heavy atom. The summed E-state index contributed by atoms with van der Waals surface area (Å²) in [6.07, 6.45) is 0.657. The van der Waals surface area contributed by atoms with Crippen molar-refractivity contribution in [3.05, 3.63) is 11.6 Å². The normalized spacial score (nSPS) is 48.8. The molecule has 0 bridgehead atoms. The second-order valence-electron chi connectivity index (χ2n) is 12.0. The molecule has 0 aromatic rings. The molecule has 0 aromatic heterocycles. The molecule has 9 atom stereocenters. The summed E-state index contributed by atoms with van der Waals surface area (Å²) in [4.78, 5) is 37.2. The third-order valence-electron chi connectivity index (χ3n) is 9.69. The first-order valence-electron chi connectivity index (χ1n) is 12.4. The Morgan fingerprint density at radius 3 is 2.62 bits per heavy atom. The standard InChI is InChI=1S/C26H35FO7/c1-13(28)32-12-20(31)26-21(33-23(2,3)34-26)10-16-15-9-18(27)17-8-14(29)6-7-24(17,4)22(15)19(30)11-25(16,26)5/h8,15-16,18-19,21-22,30H,6-7,9-12H2,1-5H3/t15?,16?,18-,19?,21+,22?,24?,25?,26+/m0/s1. The number of aliphatic hydroxyl groups is 1. The van der Waals surface area contributed by atoms with Gasteiger partial charge in [-0.25, -0.2) is 4.39 Å². The zero-order valence-electron chi connectivity index (χ0n) is 20.6. The lowest BCUT2D eigenvalue weighted by Crippen LogP contribution is -2.65. The van der Waals surface area contributed by atoms with Gasteiger partial charge in [-0.2, -0.15) is 0 Å². The van der Waals surface area contributed by atoms with Crippen LogP contribution in [0.3, 0.4) is 0 Å². The highest BCUT2D eigenvalue weighted by Crippen LogP contribution is 2.70. The zero-order valence-corrected chi connectivity index (χ0v) is 20.6. The van der Waals surface area contributed by atoms with Gasteiger partial charge in [-0.15, -0.1) is 0 Å². The number of hydrogen-bond acceptors (Lipinski definition) is 7. The van der Waals surface area contributed by atoms with Gasteiger partial charge in [0.1, 0.15) is 6.17 Å². The Morgan fingerprint density at radius 2 is 1.94 bits per heavy atom. The smallest absolute Gasteiger partial charge is 0.303 e. The van der Waals surface area contributed by atoms with Crippen LogP contribution < -0.4 is 0 Å². The molecular formula is C26H35FO7. The van der Waals surface area contributed by atoms with Gasteiger partial charge in [0, 0.05) is 18.8 Å². The van der Waals surface area contributed by atoms with E-state index in [-0.39, 0.29) is 42.2 Å². The zero-order chi connectivity index (χ0) is 24.8. The monoisotopic (exact) mass is 478 g/mol. The highest BCUT2D eigenvalue weighted by molar-refractivity contribution is 5.93. The fourth-order valence-corrected chi connectivity index (χ4v) is 8.56. The van der Waals surface area contributed by atoms with E-state index in [1.807, 2.05) is 13.8 Å². The molecule has 5 aliphatic rings. The van der Waals surface area contributed by atoms with Gasteiger partial charge < -0.3 is 19.3 Å². The molecule has 34 heavy (non-hydrogen) atoms. The van der Waals surface area contributed by atoms with Gasteiger partial charge in [0.05, 0.1) is 12.2 Å². The van der Waals surface area contributed by atoms with Crippen LogP contribution in [0.15, 0.2) is 11.6 Å². The number of carbonyl (C=O) groups is 3. The number of rotatable bonds is 3. The summed E-state index contributed by atoms with van der Waals surface area (Å²) in [5.74, 6) is -2.56. The molecule has 5 rings (SSSR count). The summed E-state index contributed by atoms with van der Waals surface area (Å²) in [6.45, 7) is 8.24. The van der Waals surface area contributed by atoms with Gasteiger partial charge in [0.15, 0.2) is 23.8 Å². The molecule has 7 nitrogen and oxygen atoms in total. The number of fused-ring (bicyclic) bond motifs is 7. The minimum absolute atomic E-state index is 0.0573. The minimum Gasteiger partial charge on any atom is -0.458 e. The van der Waals surface area contributed by atoms with Gasteiger partial charge >= 0.3 is 5.97 Å². The number of aliphatic hydroxyl groups excluding tert-OH is 1. The maximum absolute atomic E-state index is 15.6. The quantitative estimate of drug-likeness (QED) is 0.623. The van der Waals surface area contributed by atoms with Crippen LogP contribution in [0.5, 0.6) is 0 Å². The van der Waals surface area contributed by atoms with Gasteiger partial charge in [0.2, 0.25) is 5.78 Å². The first-order valence-corrected chi connectivity index (χ1v) is 12.4. The molecule has 1 heterocycles. The van der Waals surface area contributed by atoms with Gasteiger partial charge in [-0.1, -0.05) is 13.8 Å². The van der Waals surface area contributed by atoms with Gasteiger partial charge in [-0.3, -0.25) is 14.4 Å². The third-order valence-corrected chi connectivity index (χ3v) is 9.69. The first-order chi connectivity index (χ1) is 15.7. The molecule has 1 saturated heterocycles. The van der Waals surface area contributed by atoms with Crippen molar-refractivity contribution >= 4 is 17.5 Å². The van der Waals surface area contributed by atoms with Crippen molar-refractivity contribution in [1.29, 1.82) is 0 Å². The van der Waals surface area contributed by atoms with Crippen molar-refractivity contribution in [2.24, 2.45) is 28.6 Å². The second kappa shape index (κ2) is 7.43. The third kappa shape index (κ3) is 3.07. The van der Waals surface area contributed by atoms with E-state index in [1.165, 1.54) is 13.0 Å². The number of hydrogen-bond donors (Lipinski definition) is 1. The average molecular weight is 479 g/mol. The minimum atomic E-state index is -1.39. The Balaban J connectivity index is 1.57. The molecular weight excluding hydrogens is 443 g/mol. The number of carbonyl (C=O) groups excluding carboxylic acids is 3. The number of esters is 1. The van der Waals surface area contributed by atoms with Crippen LogP contribution in [0.25, 0.3) is 0 Å². The first kappa shape index (κ1) is 24.1. The molecule has 8 heteroatoms. The van der Waals surface area contributed by atoms with Crippen molar-refractivity contribution in [2.45, 2.75) is 96.5 Å². The summed E-state index contributed by atoms with van der Waals surface area (Å²) in [6, 6.07) is 0. The summed E-state index contributed by atoms with van der Waals surface area (Å²) < 4.78 is 33.3. The van der Waals surface area contributed by atoms with Crippen LogP contribution in [0, 0.1) is 28.6 Å². The number of alkyl halides is 1. The SMILES string of the molecule is CC(=O)OCC(=O)[C@@]12OC(C)(C)O[C@@H]1CC1C3C[C@H](F)C4=CC(=O)CCC4(C)C3C(O)CC12C. The second-order valence-corrected chi connectivity index (χ2v) is 12.0. The number of ether oxygens (including phenoxy) is 3. The van der Waals surface area contributed by atoms with Crippen LogP contribution in [0.2, 0.25) is 0 Å². The largest absolute Gasteiger partial charge is 0.458 e. The van der Waals surface area contributed by atoms with Crippen molar-refractivity contribution in [2.75, 3.05) is 6.61 Å². The molecule has 3 saturated carbocycles. The maximum Gasteiger partial charge on any atom is 0.303 e. The van der Waals surface area contributed by atoms with Crippen LogP contribution >= 0.6 is 0 Å². The van der Waals surface area contributed by atoms with E-state index in [0.29, 0.717) is 24.8 Å². The number of Topliss-reactive ketones (excluding diaryl/α,β-unsaturated/α-hetero) is 1. The van der Waals surface area contributed by atoms with E-state index in [2.05, 4.69) is 0 Å². The highest BCUT2D eigenvalue weighted by Gasteiger charge is 2.77. The lowest BCUT2D eigenvalue weighted by atomic mass is 9.45. The molecule has 6 unspecified atom stereocenters. The van der Waals surface area contributed by atoms with Crippen LogP contribution in [0.4, 0.5) is 4.39 Å². The number of allylic oxidation sites excluding steroid dienone is 1. The Labute approximate surface area is 199 Å². The average Bonchev–Trinajstić information content (AvgIpc) is 3.13. The maximum atomic E-state index is 15.6. The van der Waals surface area contributed by atoms with Crippen molar-refractivity contribution in [3.63, 3.8) is 0 Å². The van der Waals surface area contributed by atoms with E-state index in [0.717, 1.165) is 0 Å². The van der Waals surface area contributed by atoms with Crippen LogP contribution in [0.1, 0.15) is 66.7 Å². The van der Waals surface area contributed by atoms with Crippen molar-refractivity contribution < 1.29 is 38.1 Å². The summed E-state index contributed by atoms with van der Waals surface area (Å²) in [7, 11) is 0. The van der Waals surface area contributed by atoms with E-state index >= 15 is 4.39 Å². The fourth-order valence-electron chi connectivity index (χ4n) is 8.56. The molecule has 188 valence electrons. The molecule has 0 radical (unpaired) electrons. The topological polar surface area (TPSA) is 99.1 Å². The van der Waals surface area contributed by atoms with E-state index in [9.17, 15) is 19.5 Å². The predicted molar refractivity (Wildman–Crippen MR) is 118 cm³/mol. The predicted octanol–water partition coefficient (Wildman–Crippen LogP) is 3.07.